The van der Waals surface area contributed by atoms with Gasteiger partial charge in [0.2, 0.25) is 0 Å². The Morgan fingerprint density at radius 1 is 1.10 bits per heavy atom. The molecule has 112 valence electrons. The van der Waals surface area contributed by atoms with Gasteiger partial charge < -0.3 is 10.1 Å². The van der Waals surface area contributed by atoms with Gasteiger partial charge in [-0.3, -0.25) is 0 Å². The van der Waals surface area contributed by atoms with Crippen molar-refractivity contribution in [2.24, 2.45) is 0 Å². The van der Waals surface area contributed by atoms with Crippen LogP contribution in [0, 0.1) is 6.92 Å². The highest BCUT2D eigenvalue weighted by atomic mass is 35.5. The van der Waals surface area contributed by atoms with E-state index in [1.54, 1.807) is 18.2 Å². The first-order valence-electron chi connectivity index (χ1n) is 6.91. The average molecular weight is 324 g/mol. The molecule has 2 aromatic rings. The Bertz CT molecular complexity index is 626. The van der Waals surface area contributed by atoms with Gasteiger partial charge in [-0.25, -0.2) is 0 Å². The third-order valence-corrected chi connectivity index (χ3v) is 3.68. The summed E-state index contributed by atoms with van der Waals surface area (Å²) in [7, 11) is 0. The summed E-state index contributed by atoms with van der Waals surface area (Å²) in [4.78, 5) is 0. The summed E-state index contributed by atoms with van der Waals surface area (Å²) in [5, 5.41) is 4.55. The van der Waals surface area contributed by atoms with Crippen LogP contribution in [0.2, 0.25) is 10.0 Å². The molecule has 21 heavy (non-hydrogen) atoms. The lowest BCUT2D eigenvalue weighted by molar-refractivity contribution is 0.482. The van der Waals surface area contributed by atoms with E-state index in [0.717, 1.165) is 12.3 Å². The zero-order chi connectivity index (χ0) is 15.4. The van der Waals surface area contributed by atoms with Crippen molar-refractivity contribution >= 4 is 23.2 Å². The molecule has 0 atom stereocenters. The van der Waals surface area contributed by atoms with Crippen LogP contribution in [0.25, 0.3) is 0 Å². The van der Waals surface area contributed by atoms with Crippen molar-refractivity contribution in [1.82, 2.24) is 5.32 Å². The number of halogens is 2. The van der Waals surface area contributed by atoms with Crippen LogP contribution in [0.3, 0.4) is 0 Å². The standard InChI is InChI=1S/C17H19Cl2NO/c1-11(2)20-10-13-4-6-15(8-12(13)3)21-17-9-14(18)5-7-16(17)19/h4-9,11,20H,10H2,1-3H3. The van der Waals surface area contributed by atoms with Crippen molar-refractivity contribution in [2.45, 2.75) is 33.4 Å². The van der Waals surface area contributed by atoms with Crippen molar-refractivity contribution in [3.63, 3.8) is 0 Å². The summed E-state index contributed by atoms with van der Waals surface area (Å²) >= 11 is 12.1. The maximum atomic E-state index is 6.11. The van der Waals surface area contributed by atoms with E-state index in [2.05, 4.69) is 32.2 Å². The smallest absolute Gasteiger partial charge is 0.147 e. The van der Waals surface area contributed by atoms with Gasteiger partial charge in [0.1, 0.15) is 11.5 Å². The molecular weight excluding hydrogens is 305 g/mol. The molecule has 0 amide bonds. The van der Waals surface area contributed by atoms with Crippen molar-refractivity contribution in [2.75, 3.05) is 0 Å². The number of nitrogens with one attached hydrogen (secondary N) is 1. The van der Waals surface area contributed by atoms with Crippen LogP contribution in [0.4, 0.5) is 0 Å². The lowest BCUT2D eigenvalue weighted by Crippen LogP contribution is -2.22. The number of hydrogen-bond donors (Lipinski definition) is 1. The molecular formula is C17H19Cl2NO. The molecule has 0 saturated heterocycles. The highest BCUT2D eigenvalue weighted by Crippen LogP contribution is 2.32. The van der Waals surface area contributed by atoms with Gasteiger partial charge in [-0.1, -0.05) is 43.1 Å². The van der Waals surface area contributed by atoms with Crippen molar-refractivity contribution in [3.8, 4) is 11.5 Å². The van der Waals surface area contributed by atoms with Crippen molar-refractivity contribution in [1.29, 1.82) is 0 Å². The van der Waals surface area contributed by atoms with E-state index in [-0.39, 0.29) is 0 Å². The zero-order valence-corrected chi connectivity index (χ0v) is 13.9. The largest absolute Gasteiger partial charge is 0.456 e. The summed E-state index contributed by atoms with van der Waals surface area (Å²) in [6.45, 7) is 7.19. The summed E-state index contributed by atoms with van der Waals surface area (Å²) in [5.74, 6) is 1.32. The molecule has 0 radical (unpaired) electrons. The number of hydrogen-bond acceptors (Lipinski definition) is 2. The Kier molecular flexibility index (Phi) is 5.51. The van der Waals surface area contributed by atoms with Crippen LogP contribution in [-0.2, 0) is 6.54 Å². The van der Waals surface area contributed by atoms with E-state index in [0.29, 0.717) is 21.8 Å². The first-order chi connectivity index (χ1) is 9.95. The summed E-state index contributed by atoms with van der Waals surface area (Å²) < 4.78 is 5.81. The number of rotatable bonds is 5. The fourth-order valence-electron chi connectivity index (χ4n) is 1.93. The molecule has 1 N–H and O–H groups in total. The third kappa shape index (κ3) is 4.63. The van der Waals surface area contributed by atoms with Crippen LogP contribution >= 0.6 is 23.2 Å². The number of benzene rings is 2. The molecule has 0 aliphatic carbocycles. The minimum absolute atomic E-state index is 0.464. The van der Waals surface area contributed by atoms with Gasteiger partial charge in [0, 0.05) is 23.7 Å². The monoisotopic (exact) mass is 323 g/mol. The maximum absolute atomic E-state index is 6.11. The van der Waals surface area contributed by atoms with Crippen LogP contribution < -0.4 is 10.1 Å². The second-order valence-corrected chi connectivity index (χ2v) is 6.14. The van der Waals surface area contributed by atoms with Gasteiger partial charge in [0.05, 0.1) is 5.02 Å². The molecule has 0 fully saturated rings. The van der Waals surface area contributed by atoms with Crippen molar-refractivity contribution in [3.05, 3.63) is 57.6 Å². The van der Waals surface area contributed by atoms with E-state index in [4.69, 9.17) is 27.9 Å². The third-order valence-electron chi connectivity index (χ3n) is 3.14. The zero-order valence-electron chi connectivity index (χ0n) is 12.4. The van der Waals surface area contributed by atoms with E-state index in [1.807, 2.05) is 12.1 Å². The van der Waals surface area contributed by atoms with E-state index < -0.39 is 0 Å². The molecule has 0 unspecified atom stereocenters. The molecule has 0 saturated carbocycles. The van der Waals surface area contributed by atoms with Gasteiger partial charge >= 0.3 is 0 Å². The predicted molar refractivity (Wildman–Crippen MR) is 89.7 cm³/mol. The van der Waals surface area contributed by atoms with Gasteiger partial charge in [0.25, 0.3) is 0 Å². The molecule has 0 aliphatic heterocycles. The SMILES string of the molecule is Cc1cc(Oc2cc(Cl)ccc2Cl)ccc1CNC(C)C. The summed E-state index contributed by atoms with van der Waals surface area (Å²) in [6.07, 6.45) is 0. The minimum Gasteiger partial charge on any atom is -0.456 e. The highest BCUT2D eigenvalue weighted by molar-refractivity contribution is 6.34. The van der Waals surface area contributed by atoms with E-state index >= 15 is 0 Å². The fraction of sp³-hybridized carbons (Fsp3) is 0.294. The van der Waals surface area contributed by atoms with Gasteiger partial charge in [-0.15, -0.1) is 0 Å². The first kappa shape index (κ1) is 16.2. The molecule has 0 bridgehead atoms. The summed E-state index contributed by atoms with van der Waals surface area (Å²) in [5.41, 5.74) is 2.44. The second-order valence-electron chi connectivity index (χ2n) is 5.30. The molecule has 2 nitrogen and oxygen atoms in total. The average Bonchev–Trinajstić information content (AvgIpc) is 2.42. The lowest BCUT2D eigenvalue weighted by Gasteiger charge is -2.13. The van der Waals surface area contributed by atoms with Crippen LogP contribution in [0.1, 0.15) is 25.0 Å². The van der Waals surface area contributed by atoms with E-state index in [1.165, 1.54) is 11.1 Å². The highest BCUT2D eigenvalue weighted by Gasteiger charge is 2.06. The van der Waals surface area contributed by atoms with Gasteiger partial charge in [-0.2, -0.15) is 0 Å². The van der Waals surface area contributed by atoms with Gasteiger partial charge in [0.15, 0.2) is 0 Å². The van der Waals surface area contributed by atoms with E-state index in [9.17, 15) is 0 Å². The molecule has 0 aliphatic rings. The van der Waals surface area contributed by atoms with Crippen LogP contribution in [0.15, 0.2) is 36.4 Å². The summed E-state index contributed by atoms with van der Waals surface area (Å²) in [6, 6.07) is 11.7. The first-order valence-corrected chi connectivity index (χ1v) is 7.67. The van der Waals surface area contributed by atoms with Crippen LogP contribution in [-0.4, -0.2) is 6.04 Å². The fourth-order valence-corrected chi connectivity index (χ4v) is 2.24. The molecule has 0 aromatic heterocycles. The van der Waals surface area contributed by atoms with Gasteiger partial charge in [-0.05, 0) is 42.3 Å². The normalized spacial score (nSPS) is 11.0. The Labute approximate surface area is 136 Å². The Morgan fingerprint density at radius 3 is 2.52 bits per heavy atom. The Hall–Kier alpha value is -1.22. The topological polar surface area (TPSA) is 21.3 Å². The number of ether oxygens (including phenoxy) is 1. The molecule has 4 heteroatoms. The Morgan fingerprint density at radius 2 is 1.86 bits per heavy atom. The van der Waals surface area contributed by atoms with Crippen LogP contribution in [0.5, 0.6) is 11.5 Å². The Balaban J connectivity index is 2.14. The molecule has 2 rings (SSSR count). The molecule has 2 aromatic carbocycles. The predicted octanol–water partition coefficient (Wildman–Crippen LogP) is 5.59. The molecule has 0 spiro atoms. The van der Waals surface area contributed by atoms with Crippen molar-refractivity contribution < 1.29 is 4.74 Å². The second kappa shape index (κ2) is 7.17. The minimum atomic E-state index is 0.464. The molecule has 0 heterocycles. The lowest BCUT2D eigenvalue weighted by atomic mass is 10.1. The number of aryl methyl sites for hydroxylation is 1. The maximum Gasteiger partial charge on any atom is 0.147 e. The quantitative estimate of drug-likeness (QED) is 0.774.